The third-order valence-corrected chi connectivity index (χ3v) is 5.66. The van der Waals surface area contributed by atoms with Crippen molar-refractivity contribution in [1.82, 2.24) is 8.61 Å². The van der Waals surface area contributed by atoms with E-state index in [1.54, 1.807) is 4.31 Å². The molecule has 0 amide bonds. The highest BCUT2D eigenvalue weighted by atomic mass is 32.2. The van der Waals surface area contributed by atoms with E-state index in [1.807, 2.05) is 0 Å². The molecule has 1 saturated heterocycles. The van der Waals surface area contributed by atoms with E-state index in [0.717, 1.165) is 25.7 Å². The van der Waals surface area contributed by atoms with Gasteiger partial charge in [-0.2, -0.15) is 17.0 Å². The van der Waals surface area contributed by atoms with Crippen LogP contribution in [0.4, 0.5) is 0 Å². The molecule has 1 rings (SSSR count). The Labute approximate surface area is 128 Å². The van der Waals surface area contributed by atoms with Gasteiger partial charge in [-0.3, -0.25) is 0 Å². The van der Waals surface area contributed by atoms with Crippen LogP contribution in [-0.4, -0.2) is 75.4 Å². The van der Waals surface area contributed by atoms with Gasteiger partial charge < -0.3 is 14.6 Å². The molecule has 7 nitrogen and oxygen atoms in total. The molecule has 126 valence electrons. The molecular weight excluding hydrogens is 296 g/mol. The van der Waals surface area contributed by atoms with Crippen LogP contribution >= 0.6 is 0 Å². The van der Waals surface area contributed by atoms with Crippen molar-refractivity contribution in [2.75, 3.05) is 47.0 Å². The molecule has 0 saturated carbocycles. The van der Waals surface area contributed by atoms with Gasteiger partial charge in [0.05, 0.1) is 6.54 Å². The molecule has 0 bridgehead atoms. The third kappa shape index (κ3) is 5.80. The summed E-state index contributed by atoms with van der Waals surface area (Å²) >= 11 is 0. The van der Waals surface area contributed by atoms with Crippen molar-refractivity contribution in [3.05, 3.63) is 0 Å². The van der Waals surface area contributed by atoms with E-state index >= 15 is 0 Å². The highest BCUT2D eigenvalue weighted by molar-refractivity contribution is 7.86. The van der Waals surface area contributed by atoms with Crippen molar-refractivity contribution in [3.8, 4) is 0 Å². The van der Waals surface area contributed by atoms with Gasteiger partial charge in [0.15, 0.2) is 6.29 Å². The fourth-order valence-corrected chi connectivity index (χ4v) is 4.11. The Hall–Kier alpha value is -0.250. The summed E-state index contributed by atoms with van der Waals surface area (Å²) < 4.78 is 38.7. The maximum atomic E-state index is 12.8. The molecule has 1 fully saturated rings. The van der Waals surface area contributed by atoms with Gasteiger partial charge in [0.2, 0.25) is 0 Å². The lowest BCUT2D eigenvalue weighted by Crippen LogP contribution is -2.48. The molecule has 0 aromatic carbocycles. The average Bonchev–Trinajstić information content (AvgIpc) is 2.77. The van der Waals surface area contributed by atoms with Crippen LogP contribution in [0.5, 0.6) is 0 Å². The average molecular weight is 324 g/mol. The molecule has 21 heavy (non-hydrogen) atoms. The van der Waals surface area contributed by atoms with Gasteiger partial charge in [0.1, 0.15) is 0 Å². The summed E-state index contributed by atoms with van der Waals surface area (Å²) in [6.45, 7) is 1.46. The molecule has 0 atom stereocenters. The van der Waals surface area contributed by atoms with Crippen LogP contribution in [0.1, 0.15) is 32.1 Å². The second kappa shape index (κ2) is 9.70. The molecule has 1 N–H and O–H groups in total. The fraction of sp³-hybridized carbons (Fsp3) is 1.00. The van der Waals surface area contributed by atoms with E-state index < -0.39 is 16.5 Å². The molecule has 1 aliphatic heterocycles. The van der Waals surface area contributed by atoms with Gasteiger partial charge in [-0.05, 0) is 19.3 Å². The summed E-state index contributed by atoms with van der Waals surface area (Å²) in [6, 6.07) is 0. The Morgan fingerprint density at radius 2 is 1.71 bits per heavy atom. The summed E-state index contributed by atoms with van der Waals surface area (Å²) in [4.78, 5) is 0. The van der Waals surface area contributed by atoms with E-state index in [0.29, 0.717) is 19.5 Å². The zero-order valence-corrected chi connectivity index (χ0v) is 13.8. The van der Waals surface area contributed by atoms with Crippen molar-refractivity contribution in [3.63, 3.8) is 0 Å². The van der Waals surface area contributed by atoms with E-state index in [1.165, 1.54) is 18.5 Å². The van der Waals surface area contributed by atoms with Crippen LogP contribution in [0.2, 0.25) is 0 Å². The minimum atomic E-state index is -3.54. The van der Waals surface area contributed by atoms with Gasteiger partial charge in [-0.1, -0.05) is 12.8 Å². The van der Waals surface area contributed by atoms with Crippen LogP contribution < -0.4 is 0 Å². The van der Waals surface area contributed by atoms with E-state index in [-0.39, 0.29) is 19.7 Å². The minimum Gasteiger partial charge on any atom is -0.396 e. The fourth-order valence-electron chi connectivity index (χ4n) is 2.40. The Balaban J connectivity index is 2.81. The molecule has 1 aliphatic rings. The molecule has 0 aromatic rings. The summed E-state index contributed by atoms with van der Waals surface area (Å²) in [5, 5.41) is 8.99. The van der Waals surface area contributed by atoms with Crippen molar-refractivity contribution < 1.29 is 23.0 Å². The van der Waals surface area contributed by atoms with Crippen LogP contribution in [-0.2, 0) is 19.7 Å². The van der Waals surface area contributed by atoms with Crippen LogP contribution in [0.3, 0.4) is 0 Å². The SMILES string of the molecule is COC(CN(CCCO)S(=O)(=O)N1CCCCCC1)OC. The lowest BCUT2D eigenvalue weighted by atomic mass is 10.2. The summed E-state index contributed by atoms with van der Waals surface area (Å²) in [6.07, 6.45) is 3.72. The van der Waals surface area contributed by atoms with Gasteiger partial charge in [0.25, 0.3) is 10.2 Å². The summed E-state index contributed by atoms with van der Waals surface area (Å²) in [5.41, 5.74) is 0. The highest BCUT2D eigenvalue weighted by Crippen LogP contribution is 2.17. The van der Waals surface area contributed by atoms with Gasteiger partial charge in [0, 0.05) is 40.5 Å². The van der Waals surface area contributed by atoms with E-state index in [9.17, 15) is 8.42 Å². The maximum absolute atomic E-state index is 12.8. The Bertz CT molecular complexity index is 365. The monoisotopic (exact) mass is 324 g/mol. The predicted octanol–water partition coefficient (Wildman–Crippen LogP) is 0.411. The topological polar surface area (TPSA) is 79.3 Å². The largest absolute Gasteiger partial charge is 0.396 e. The molecule has 0 radical (unpaired) electrons. The lowest BCUT2D eigenvalue weighted by molar-refractivity contribution is -0.108. The first-order valence-electron chi connectivity index (χ1n) is 7.48. The Morgan fingerprint density at radius 3 is 2.19 bits per heavy atom. The second-order valence-corrected chi connectivity index (χ2v) is 7.09. The molecule has 0 aromatic heterocycles. The zero-order chi connectivity index (χ0) is 15.7. The number of aliphatic hydroxyl groups is 1. The van der Waals surface area contributed by atoms with Crippen molar-refractivity contribution in [2.45, 2.75) is 38.4 Å². The summed E-state index contributed by atoms with van der Waals surface area (Å²) in [7, 11) is -0.573. The van der Waals surface area contributed by atoms with Crippen molar-refractivity contribution >= 4 is 10.2 Å². The number of methoxy groups -OCH3 is 2. The molecule has 0 unspecified atom stereocenters. The molecule has 0 spiro atoms. The van der Waals surface area contributed by atoms with Crippen LogP contribution in [0.25, 0.3) is 0 Å². The van der Waals surface area contributed by atoms with Crippen LogP contribution in [0.15, 0.2) is 0 Å². The van der Waals surface area contributed by atoms with Crippen LogP contribution in [0, 0.1) is 0 Å². The molecular formula is C13H28N2O5S. The maximum Gasteiger partial charge on any atom is 0.282 e. The number of rotatable bonds is 9. The van der Waals surface area contributed by atoms with Gasteiger partial charge in [-0.15, -0.1) is 0 Å². The second-order valence-electron chi connectivity index (χ2n) is 5.16. The smallest absolute Gasteiger partial charge is 0.282 e. The highest BCUT2D eigenvalue weighted by Gasteiger charge is 2.31. The number of nitrogens with zero attached hydrogens (tertiary/aromatic N) is 2. The lowest BCUT2D eigenvalue weighted by Gasteiger charge is -2.30. The minimum absolute atomic E-state index is 0.0450. The zero-order valence-electron chi connectivity index (χ0n) is 13.0. The summed E-state index contributed by atoms with van der Waals surface area (Å²) in [5.74, 6) is 0. The van der Waals surface area contributed by atoms with Crippen molar-refractivity contribution in [2.24, 2.45) is 0 Å². The molecule has 0 aliphatic carbocycles. The first-order chi connectivity index (χ1) is 10.1. The Kier molecular flexibility index (Phi) is 8.69. The number of ether oxygens (including phenoxy) is 2. The first kappa shape index (κ1) is 18.8. The quantitative estimate of drug-likeness (QED) is 0.622. The number of aliphatic hydroxyl groups excluding tert-OH is 1. The third-order valence-electron chi connectivity index (χ3n) is 3.66. The van der Waals surface area contributed by atoms with Crippen molar-refractivity contribution in [1.29, 1.82) is 0 Å². The number of hydrogen-bond donors (Lipinski definition) is 1. The molecule has 8 heteroatoms. The number of hydrogen-bond acceptors (Lipinski definition) is 5. The first-order valence-corrected chi connectivity index (χ1v) is 8.87. The van der Waals surface area contributed by atoms with E-state index in [4.69, 9.17) is 14.6 Å². The normalized spacial score (nSPS) is 18.3. The van der Waals surface area contributed by atoms with Gasteiger partial charge >= 0.3 is 0 Å². The molecule has 1 heterocycles. The van der Waals surface area contributed by atoms with E-state index in [2.05, 4.69) is 0 Å². The Morgan fingerprint density at radius 1 is 1.14 bits per heavy atom. The van der Waals surface area contributed by atoms with Gasteiger partial charge in [-0.25, -0.2) is 0 Å². The standard InChI is InChI=1S/C13H28N2O5S/c1-19-13(20-2)12-15(10-7-11-16)21(17,18)14-8-5-3-4-6-9-14/h13,16H,3-12H2,1-2H3. The predicted molar refractivity (Wildman–Crippen MR) is 80.0 cm³/mol.